The van der Waals surface area contributed by atoms with Crippen molar-refractivity contribution in [2.24, 2.45) is 0 Å². The Labute approximate surface area is 185 Å². The Bertz CT molecular complexity index is 1260. The molecule has 0 spiro atoms. The number of imidazole rings is 1. The number of benzene rings is 1. The minimum Gasteiger partial charge on any atom is -0.383 e. The van der Waals surface area contributed by atoms with Gasteiger partial charge in [-0.05, 0) is 37.1 Å². The van der Waals surface area contributed by atoms with E-state index in [1.54, 1.807) is 17.7 Å². The van der Waals surface area contributed by atoms with E-state index in [-0.39, 0.29) is 11.9 Å². The van der Waals surface area contributed by atoms with Crippen molar-refractivity contribution >= 4 is 17.2 Å². The molecular weight excluding hydrogens is 408 g/mol. The van der Waals surface area contributed by atoms with Crippen molar-refractivity contribution in [1.29, 1.82) is 0 Å². The number of amides is 1. The molecule has 1 aromatic carbocycles. The predicted octanol–water partition coefficient (Wildman–Crippen LogP) is 3.34. The standard InChI is InChI=1S/C23H24N6O3/c1-15-6-7-16(21-26-23(32-27-21)18-8-10-28(18)11-12-31-2)13-17(15)25-22(30)19-14-24-20-5-3-4-9-29(19)20/h3-7,9,13-14,18H,8,10-12H2,1-2H3,(H,25,30)/t18-/m0/s1. The highest BCUT2D eigenvalue weighted by Gasteiger charge is 2.33. The highest BCUT2D eigenvalue weighted by Crippen LogP contribution is 2.33. The van der Waals surface area contributed by atoms with Crippen molar-refractivity contribution in [3.8, 4) is 11.4 Å². The highest BCUT2D eigenvalue weighted by molar-refractivity contribution is 6.04. The summed E-state index contributed by atoms with van der Waals surface area (Å²) in [6, 6.07) is 11.5. The van der Waals surface area contributed by atoms with Crippen LogP contribution in [0.2, 0.25) is 0 Å². The molecule has 0 saturated carbocycles. The number of ether oxygens (including phenoxy) is 1. The minimum atomic E-state index is -0.235. The lowest BCUT2D eigenvalue weighted by Crippen LogP contribution is -2.42. The average Bonchev–Trinajstić information content (AvgIpc) is 3.42. The SMILES string of the molecule is COCCN1CC[C@H]1c1nc(-c2ccc(C)c(NC(=O)c3cnc4ccccn34)c2)no1. The maximum atomic E-state index is 12.9. The van der Waals surface area contributed by atoms with Crippen LogP contribution in [0.4, 0.5) is 5.69 Å². The lowest BCUT2D eigenvalue weighted by atomic mass is 10.0. The zero-order valence-electron chi connectivity index (χ0n) is 18.0. The van der Waals surface area contributed by atoms with E-state index in [9.17, 15) is 4.79 Å². The average molecular weight is 432 g/mol. The first-order chi connectivity index (χ1) is 15.6. The van der Waals surface area contributed by atoms with Gasteiger partial charge in [0.15, 0.2) is 0 Å². The first-order valence-electron chi connectivity index (χ1n) is 10.5. The van der Waals surface area contributed by atoms with E-state index >= 15 is 0 Å². The van der Waals surface area contributed by atoms with Crippen molar-refractivity contribution in [3.63, 3.8) is 0 Å². The molecule has 1 fully saturated rings. The van der Waals surface area contributed by atoms with Crippen LogP contribution in [-0.2, 0) is 4.74 Å². The number of hydrogen-bond donors (Lipinski definition) is 1. The second-order valence-corrected chi connectivity index (χ2v) is 7.85. The van der Waals surface area contributed by atoms with E-state index < -0.39 is 0 Å². The summed E-state index contributed by atoms with van der Waals surface area (Å²) in [6.07, 6.45) is 4.38. The zero-order chi connectivity index (χ0) is 22.1. The molecular formula is C23H24N6O3. The molecule has 164 valence electrons. The number of anilines is 1. The van der Waals surface area contributed by atoms with Gasteiger partial charge in [0.1, 0.15) is 11.3 Å². The van der Waals surface area contributed by atoms with E-state index in [2.05, 4.69) is 25.3 Å². The number of nitrogens with zero attached hydrogens (tertiary/aromatic N) is 5. The second-order valence-electron chi connectivity index (χ2n) is 7.85. The smallest absolute Gasteiger partial charge is 0.274 e. The number of nitrogens with one attached hydrogen (secondary N) is 1. The second kappa shape index (κ2) is 8.52. The van der Waals surface area contributed by atoms with Crippen molar-refractivity contribution < 1.29 is 14.1 Å². The normalized spacial score (nSPS) is 16.2. The van der Waals surface area contributed by atoms with Crippen molar-refractivity contribution in [2.45, 2.75) is 19.4 Å². The summed E-state index contributed by atoms with van der Waals surface area (Å²) in [6.45, 7) is 4.45. The Hall–Kier alpha value is -3.56. The number of methoxy groups -OCH3 is 1. The zero-order valence-corrected chi connectivity index (χ0v) is 18.0. The molecule has 1 aliphatic heterocycles. The summed E-state index contributed by atoms with van der Waals surface area (Å²) in [5, 5.41) is 7.16. The van der Waals surface area contributed by atoms with Crippen molar-refractivity contribution in [3.05, 3.63) is 65.9 Å². The highest BCUT2D eigenvalue weighted by atomic mass is 16.5. The number of fused-ring (bicyclic) bond motifs is 1. The number of carbonyl (C=O) groups excluding carboxylic acids is 1. The predicted molar refractivity (Wildman–Crippen MR) is 118 cm³/mol. The van der Waals surface area contributed by atoms with Gasteiger partial charge in [-0.15, -0.1) is 0 Å². The maximum Gasteiger partial charge on any atom is 0.274 e. The third-order valence-electron chi connectivity index (χ3n) is 5.83. The molecule has 32 heavy (non-hydrogen) atoms. The molecule has 4 heterocycles. The third kappa shape index (κ3) is 3.76. The molecule has 1 amide bonds. The summed E-state index contributed by atoms with van der Waals surface area (Å²) >= 11 is 0. The number of rotatable bonds is 7. The van der Waals surface area contributed by atoms with Crippen LogP contribution in [0.5, 0.6) is 0 Å². The van der Waals surface area contributed by atoms with Crippen molar-refractivity contribution in [1.82, 2.24) is 24.4 Å². The Balaban J connectivity index is 1.35. The van der Waals surface area contributed by atoms with Gasteiger partial charge in [-0.2, -0.15) is 4.98 Å². The van der Waals surface area contributed by atoms with Gasteiger partial charge in [-0.1, -0.05) is 23.4 Å². The van der Waals surface area contributed by atoms with Gasteiger partial charge in [0, 0.05) is 37.6 Å². The van der Waals surface area contributed by atoms with Crippen LogP contribution < -0.4 is 5.32 Å². The first-order valence-corrected chi connectivity index (χ1v) is 10.5. The Morgan fingerprint density at radius 3 is 3.03 bits per heavy atom. The summed E-state index contributed by atoms with van der Waals surface area (Å²) in [4.78, 5) is 24.1. The van der Waals surface area contributed by atoms with Crippen LogP contribution in [0.3, 0.4) is 0 Å². The fraction of sp³-hybridized carbons (Fsp3) is 0.304. The summed E-state index contributed by atoms with van der Waals surface area (Å²) in [5.74, 6) is 0.879. The van der Waals surface area contributed by atoms with Gasteiger partial charge in [-0.25, -0.2) is 4.98 Å². The minimum absolute atomic E-state index is 0.131. The summed E-state index contributed by atoms with van der Waals surface area (Å²) in [7, 11) is 1.70. The van der Waals surface area contributed by atoms with Gasteiger partial charge in [0.05, 0.1) is 18.8 Å². The van der Waals surface area contributed by atoms with Crippen LogP contribution in [0.15, 0.2) is 53.3 Å². The molecule has 0 radical (unpaired) electrons. The maximum absolute atomic E-state index is 12.9. The van der Waals surface area contributed by atoms with E-state index in [4.69, 9.17) is 9.26 Å². The van der Waals surface area contributed by atoms with Gasteiger partial charge < -0.3 is 14.6 Å². The topological polar surface area (TPSA) is 97.8 Å². The molecule has 3 aromatic heterocycles. The lowest BCUT2D eigenvalue weighted by molar-refractivity contribution is 0.0370. The fourth-order valence-corrected chi connectivity index (χ4v) is 3.87. The molecule has 1 saturated heterocycles. The molecule has 5 rings (SSSR count). The largest absolute Gasteiger partial charge is 0.383 e. The number of aryl methyl sites for hydroxylation is 1. The van der Waals surface area contributed by atoms with Crippen LogP contribution in [0.1, 0.15) is 34.4 Å². The van der Waals surface area contributed by atoms with Crippen LogP contribution >= 0.6 is 0 Å². The molecule has 0 bridgehead atoms. The molecule has 0 unspecified atom stereocenters. The summed E-state index contributed by atoms with van der Waals surface area (Å²) < 4.78 is 12.5. The van der Waals surface area contributed by atoms with Gasteiger partial charge in [-0.3, -0.25) is 14.1 Å². The third-order valence-corrected chi connectivity index (χ3v) is 5.83. The summed E-state index contributed by atoms with van der Waals surface area (Å²) in [5.41, 5.74) is 3.59. The molecule has 0 aliphatic carbocycles. The van der Waals surface area contributed by atoms with Crippen LogP contribution in [0, 0.1) is 6.92 Å². The Morgan fingerprint density at radius 1 is 1.31 bits per heavy atom. The molecule has 9 heteroatoms. The van der Waals surface area contributed by atoms with E-state index in [0.717, 1.165) is 36.3 Å². The number of pyridine rings is 1. The molecule has 1 atom stereocenters. The first kappa shape index (κ1) is 20.3. The molecule has 9 nitrogen and oxygen atoms in total. The van der Waals surface area contributed by atoms with Gasteiger partial charge >= 0.3 is 0 Å². The number of hydrogen-bond acceptors (Lipinski definition) is 7. The van der Waals surface area contributed by atoms with Crippen LogP contribution in [-0.4, -0.2) is 57.1 Å². The van der Waals surface area contributed by atoms with Gasteiger partial charge in [0.25, 0.3) is 5.91 Å². The van der Waals surface area contributed by atoms with E-state index in [0.29, 0.717) is 29.7 Å². The Kier molecular flexibility index (Phi) is 5.42. The number of aromatic nitrogens is 4. The van der Waals surface area contributed by atoms with Crippen LogP contribution in [0.25, 0.3) is 17.0 Å². The fourth-order valence-electron chi connectivity index (χ4n) is 3.87. The number of carbonyl (C=O) groups is 1. The van der Waals surface area contributed by atoms with Crippen molar-refractivity contribution in [2.75, 3.05) is 32.1 Å². The molecule has 1 N–H and O–H groups in total. The number of likely N-dealkylation sites (tertiary alicyclic amines) is 1. The Morgan fingerprint density at radius 2 is 2.22 bits per heavy atom. The molecule has 4 aromatic rings. The lowest BCUT2D eigenvalue weighted by Gasteiger charge is -2.38. The van der Waals surface area contributed by atoms with Gasteiger partial charge in [0.2, 0.25) is 11.7 Å². The molecule has 1 aliphatic rings. The van der Waals surface area contributed by atoms with E-state index in [1.807, 2.05) is 49.5 Å². The monoisotopic (exact) mass is 432 g/mol. The quantitative estimate of drug-likeness (QED) is 0.478. The van der Waals surface area contributed by atoms with E-state index in [1.165, 1.54) is 0 Å².